The molecule has 7 heteroatoms. The smallest absolute Gasteiger partial charge is 0.243 e. The number of halogens is 1. The molecule has 0 atom stereocenters. The van der Waals surface area contributed by atoms with Crippen molar-refractivity contribution in [1.29, 1.82) is 0 Å². The summed E-state index contributed by atoms with van der Waals surface area (Å²) in [7, 11) is 0. The lowest BCUT2D eigenvalue weighted by atomic mass is 10.2. The van der Waals surface area contributed by atoms with Gasteiger partial charge in [-0.25, -0.2) is 0 Å². The van der Waals surface area contributed by atoms with Crippen LogP contribution in [0.25, 0.3) is 0 Å². The second kappa shape index (κ2) is 8.49. The first-order valence-electron chi connectivity index (χ1n) is 6.61. The lowest BCUT2D eigenvalue weighted by molar-refractivity contribution is -0.123. The van der Waals surface area contributed by atoms with Crippen molar-refractivity contribution < 1.29 is 14.3 Å². The minimum Gasteiger partial charge on any atom is -0.492 e. The average Bonchev–Trinajstić information content (AvgIpc) is 2.43. The fourth-order valence-electron chi connectivity index (χ4n) is 1.41. The predicted octanol–water partition coefficient (Wildman–Crippen LogP) is 1.39. The number of carbonyl (C=O) groups excluding carboxylic acids is 2. The minimum atomic E-state index is -0.388. The molecule has 0 saturated carbocycles. The summed E-state index contributed by atoms with van der Waals surface area (Å²) in [5.74, 6) is 0.218. The van der Waals surface area contributed by atoms with E-state index in [2.05, 4.69) is 10.6 Å². The van der Waals surface area contributed by atoms with Crippen molar-refractivity contribution in [2.24, 2.45) is 11.7 Å². The van der Waals surface area contributed by atoms with Crippen LogP contribution in [0.3, 0.4) is 0 Å². The van der Waals surface area contributed by atoms with Gasteiger partial charge in [-0.2, -0.15) is 0 Å². The van der Waals surface area contributed by atoms with E-state index in [-0.39, 0.29) is 24.9 Å². The largest absolute Gasteiger partial charge is 0.492 e. The van der Waals surface area contributed by atoms with Gasteiger partial charge in [-0.3, -0.25) is 9.59 Å². The molecule has 0 aromatic heterocycles. The first-order valence-corrected chi connectivity index (χ1v) is 6.99. The number of hydrogen-bond acceptors (Lipinski definition) is 4. The van der Waals surface area contributed by atoms with Crippen molar-refractivity contribution >= 4 is 29.1 Å². The maximum absolute atomic E-state index is 11.6. The van der Waals surface area contributed by atoms with Crippen molar-refractivity contribution in [2.75, 3.05) is 25.0 Å². The summed E-state index contributed by atoms with van der Waals surface area (Å²) in [6, 6.07) is 4.98. The molecule has 0 fully saturated rings. The van der Waals surface area contributed by atoms with E-state index >= 15 is 0 Å². The summed E-state index contributed by atoms with van der Waals surface area (Å²) in [6.07, 6.45) is 0. The number of anilines is 1. The Morgan fingerprint density at radius 1 is 1.33 bits per heavy atom. The normalized spacial score (nSPS) is 10.3. The summed E-state index contributed by atoms with van der Waals surface area (Å²) < 4.78 is 5.54. The molecule has 116 valence electrons. The maximum atomic E-state index is 11.6. The highest BCUT2D eigenvalue weighted by Crippen LogP contribution is 2.28. The number of nitrogens with two attached hydrogens (primary N) is 1. The molecule has 0 aliphatic rings. The summed E-state index contributed by atoms with van der Waals surface area (Å²) in [4.78, 5) is 22.5. The topological polar surface area (TPSA) is 93.5 Å². The Kier molecular flexibility index (Phi) is 6.98. The first-order chi connectivity index (χ1) is 9.92. The van der Waals surface area contributed by atoms with Crippen molar-refractivity contribution in [3.63, 3.8) is 0 Å². The Balaban J connectivity index is 2.55. The van der Waals surface area contributed by atoms with E-state index in [1.54, 1.807) is 18.2 Å². The summed E-state index contributed by atoms with van der Waals surface area (Å²) in [6.45, 7) is 4.35. The summed E-state index contributed by atoms with van der Waals surface area (Å²) in [5, 5.41) is 5.41. The molecule has 0 heterocycles. The van der Waals surface area contributed by atoms with Crippen LogP contribution in [-0.2, 0) is 9.59 Å². The van der Waals surface area contributed by atoms with Gasteiger partial charge in [-0.05, 0) is 24.1 Å². The summed E-state index contributed by atoms with van der Waals surface area (Å²) in [5.41, 5.74) is 5.65. The highest BCUT2D eigenvalue weighted by Gasteiger charge is 2.08. The number of amides is 2. The first kappa shape index (κ1) is 17.3. The van der Waals surface area contributed by atoms with Gasteiger partial charge in [0.2, 0.25) is 11.8 Å². The maximum Gasteiger partial charge on any atom is 0.243 e. The third kappa shape index (κ3) is 6.46. The van der Waals surface area contributed by atoms with Gasteiger partial charge in [0.1, 0.15) is 5.75 Å². The molecule has 0 radical (unpaired) electrons. The van der Waals surface area contributed by atoms with Gasteiger partial charge >= 0.3 is 0 Å². The molecule has 4 N–H and O–H groups in total. The number of rotatable bonds is 7. The SMILES string of the molecule is CC(C)COc1ccc(NC(=O)CNC(=O)CN)cc1Cl. The van der Waals surface area contributed by atoms with E-state index in [1.807, 2.05) is 13.8 Å². The van der Waals surface area contributed by atoms with Crippen molar-refractivity contribution in [2.45, 2.75) is 13.8 Å². The van der Waals surface area contributed by atoms with Crippen LogP contribution in [0.1, 0.15) is 13.8 Å². The Labute approximate surface area is 129 Å². The van der Waals surface area contributed by atoms with Gasteiger partial charge in [0.05, 0.1) is 24.7 Å². The zero-order valence-corrected chi connectivity index (χ0v) is 12.9. The molecule has 1 aromatic carbocycles. The molecule has 21 heavy (non-hydrogen) atoms. The zero-order valence-electron chi connectivity index (χ0n) is 12.1. The van der Waals surface area contributed by atoms with E-state index in [1.165, 1.54) is 0 Å². The van der Waals surface area contributed by atoms with Crippen LogP contribution in [0.5, 0.6) is 5.75 Å². The monoisotopic (exact) mass is 313 g/mol. The molecular weight excluding hydrogens is 294 g/mol. The second-order valence-corrected chi connectivity index (χ2v) is 5.29. The van der Waals surface area contributed by atoms with Crippen molar-refractivity contribution in [3.05, 3.63) is 23.2 Å². The van der Waals surface area contributed by atoms with Gasteiger partial charge in [0.25, 0.3) is 0 Å². The number of hydrogen-bond donors (Lipinski definition) is 3. The second-order valence-electron chi connectivity index (χ2n) is 4.88. The third-order valence-electron chi connectivity index (χ3n) is 2.42. The fourth-order valence-corrected chi connectivity index (χ4v) is 1.64. The van der Waals surface area contributed by atoms with E-state index < -0.39 is 0 Å². The fraction of sp³-hybridized carbons (Fsp3) is 0.429. The standard InChI is InChI=1S/C14H20ClN3O3/c1-9(2)8-21-12-4-3-10(5-11(12)15)18-14(20)7-17-13(19)6-16/h3-5,9H,6-8,16H2,1-2H3,(H,17,19)(H,18,20). The lowest BCUT2D eigenvalue weighted by Gasteiger charge is -2.12. The molecule has 0 aliphatic carbocycles. The molecule has 0 unspecified atom stereocenters. The van der Waals surface area contributed by atoms with E-state index in [0.717, 1.165) is 0 Å². The Hall–Kier alpha value is -1.79. The van der Waals surface area contributed by atoms with Crippen LogP contribution < -0.4 is 21.1 Å². The molecule has 0 saturated heterocycles. The van der Waals surface area contributed by atoms with Crippen LogP contribution in [0.4, 0.5) is 5.69 Å². The molecule has 0 aliphatic heterocycles. The quantitative estimate of drug-likeness (QED) is 0.709. The zero-order chi connectivity index (χ0) is 15.8. The van der Waals surface area contributed by atoms with Crippen LogP contribution in [-0.4, -0.2) is 31.5 Å². The van der Waals surface area contributed by atoms with Crippen LogP contribution >= 0.6 is 11.6 Å². The average molecular weight is 314 g/mol. The van der Waals surface area contributed by atoms with Crippen LogP contribution in [0.2, 0.25) is 5.02 Å². The molecule has 0 spiro atoms. The highest BCUT2D eigenvalue weighted by molar-refractivity contribution is 6.32. The molecule has 1 aromatic rings. The minimum absolute atomic E-state index is 0.140. The molecule has 6 nitrogen and oxygen atoms in total. The third-order valence-corrected chi connectivity index (χ3v) is 2.71. The molecule has 0 bridgehead atoms. The highest BCUT2D eigenvalue weighted by atomic mass is 35.5. The number of benzene rings is 1. The molecule has 2 amide bonds. The number of carbonyl (C=O) groups is 2. The predicted molar refractivity (Wildman–Crippen MR) is 82.5 cm³/mol. The van der Waals surface area contributed by atoms with Gasteiger partial charge < -0.3 is 21.1 Å². The van der Waals surface area contributed by atoms with Gasteiger partial charge in [-0.1, -0.05) is 25.4 Å². The van der Waals surface area contributed by atoms with Gasteiger partial charge in [0.15, 0.2) is 0 Å². The van der Waals surface area contributed by atoms with Crippen molar-refractivity contribution in [3.8, 4) is 5.75 Å². The Morgan fingerprint density at radius 2 is 2.05 bits per heavy atom. The Bertz CT molecular complexity index is 506. The Morgan fingerprint density at radius 3 is 2.62 bits per heavy atom. The van der Waals surface area contributed by atoms with Gasteiger partial charge in [-0.15, -0.1) is 0 Å². The van der Waals surface area contributed by atoms with E-state index in [9.17, 15) is 9.59 Å². The van der Waals surface area contributed by atoms with Gasteiger partial charge in [0, 0.05) is 5.69 Å². The van der Waals surface area contributed by atoms with Crippen LogP contribution in [0, 0.1) is 5.92 Å². The number of nitrogens with one attached hydrogen (secondary N) is 2. The lowest BCUT2D eigenvalue weighted by Crippen LogP contribution is -2.36. The molecule has 1 rings (SSSR count). The van der Waals surface area contributed by atoms with Crippen LogP contribution in [0.15, 0.2) is 18.2 Å². The summed E-state index contributed by atoms with van der Waals surface area (Å²) >= 11 is 6.08. The molecular formula is C14H20ClN3O3. The van der Waals surface area contributed by atoms with Crippen molar-refractivity contribution in [1.82, 2.24) is 5.32 Å². The van der Waals surface area contributed by atoms with E-state index in [4.69, 9.17) is 22.1 Å². The van der Waals surface area contributed by atoms with E-state index in [0.29, 0.717) is 29.0 Å². The number of ether oxygens (including phenoxy) is 1.